The Kier molecular flexibility index (Phi) is 4.82. The average molecular weight is 469 g/mol. The molecule has 0 fully saturated rings. The summed E-state index contributed by atoms with van der Waals surface area (Å²) < 4.78 is 5.04. The van der Waals surface area contributed by atoms with E-state index in [-0.39, 0.29) is 33.6 Å². The van der Waals surface area contributed by atoms with Gasteiger partial charge in [0.1, 0.15) is 10.7 Å². The lowest BCUT2D eigenvalue weighted by Gasteiger charge is -2.04. The van der Waals surface area contributed by atoms with E-state index in [9.17, 15) is 50.6 Å². The van der Waals surface area contributed by atoms with Crippen LogP contribution in [0.4, 0.5) is 28.6 Å². The third-order valence-electron chi connectivity index (χ3n) is 4.93. The molecule has 4 rings (SSSR count). The van der Waals surface area contributed by atoms with E-state index in [1.54, 1.807) is 0 Å². The lowest BCUT2D eigenvalue weighted by molar-refractivity contribution is -0.402. The Bertz CT molecular complexity index is 1420. The molecule has 0 saturated carbocycles. The van der Waals surface area contributed by atoms with E-state index in [1.807, 2.05) is 0 Å². The Morgan fingerprint density at radius 3 is 1.44 bits per heavy atom. The maximum absolute atomic E-state index is 11.7. The molecule has 0 unspecified atom stereocenters. The zero-order chi connectivity index (χ0) is 24.9. The number of furan rings is 1. The molecular formula is C18H7N5O11. The van der Waals surface area contributed by atoms with Crippen LogP contribution in [0.5, 0.6) is 0 Å². The van der Waals surface area contributed by atoms with Gasteiger partial charge >= 0.3 is 5.88 Å². The van der Waals surface area contributed by atoms with Gasteiger partial charge in [0.25, 0.3) is 22.7 Å². The minimum atomic E-state index is -0.971. The van der Waals surface area contributed by atoms with Crippen LogP contribution in [0, 0.1) is 50.6 Å². The molecule has 1 aliphatic carbocycles. The van der Waals surface area contributed by atoms with E-state index in [1.165, 1.54) is 0 Å². The first-order valence-electron chi connectivity index (χ1n) is 8.90. The lowest BCUT2D eigenvalue weighted by atomic mass is 10.0. The fourth-order valence-corrected chi connectivity index (χ4v) is 3.63. The smallest absolute Gasteiger partial charge is 0.401 e. The molecule has 0 spiro atoms. The van der Waals surface area contributed by atoms with Gasteiger partial charge in [0.05, 0.1) is 49.0 Å². The number of hydrogen-bond donors (Lipinski definition) is 0. The van der Waals surface area contributed by atoms with Crippen LogP contribution >= 0.6 is 0 Å². The fraction of sp³-hybridized carbons (Fsp3) is 0. The van der Waals surface area contributed by atoms with Gasteiger partial charge in [-0.25, -0.2) is 0 Å². The van der Waals surface area contributed by atoms with Crippen molar-refractivity contribution in [3.63, 3.8) is 0 Å². The summed E-state index contributed by atoms with van der Waals surface area (Å²) >= 11 is 0. The predicted octanol–water partition coefficient (Wildman–Crippen LogP) is 4.39. The lowest BCUT2D eigenvalue weighted by Crippen LogP contribution is -1.99. The Hall–Kier alpha value is -5.54. The van der Waals surface area contributed by atoms with Gasteiger partial charge in [-0.15, -0.1) is 0 Å². The highest BCUT2D eigenvalue weighted by molar-refractivity contribution is 6.12. The van der Waals surface area contributed by atoms with Crippen LogP contribution in [0.3, 0.4) is 0 Å². The second kappa shape index (κ2) is 7.55. The van der Waals surface area contributed by atoms with Gasteiger partial charge in [0.2, 0.25) is 0 Å². The van der Waals surface area contributed by atoms with Gasteiger partial charge in [-0.2, -0.15) is 0 Å². The summed E-state index contributed by atoms with van der Waals surface area (Å²) in [5, 5.41) is 57.2. The minimum absolute atomic E-state index is 0.132. The maximum Gasteiger partial charge on any atom is 0.433 e. The molecule has 170 valence electrons. The zero-order valence-corrected chi connectivity index (χ0v) is 16.3. The van der Waals surface area contributed by atoms with E-state index in [0.717, 1.165) is 30.3 Å². The molecule has 0 bridgehead atoms. The Morgan fingerprint density at radius 1 is 0.618 bits per heavy atom. The highest BCUT2D eigenvalue weighted by Gasteiger charge is 2.40. The van der Waals surface area contributed by atoms with Crippen LogP contribution in [0.25, 0.3) is 22.8 Å². The van der Waals surface area contributed by atoms with Crippen LogP contribution in [0.1, 0.15) is 16.9 Å². The molecule has 3 aromatic rings. The minimum Gasteiger partial charge on any atom is -0.401 e. The summed E-state index contributed by atoms with van der Waals surface area (Å²) in [6, 6.07) is 5.22. The second-order valence-electron chi connectivity index (χ2n) is 6.79. The summed E-state index contributed by atoms with van der Waals surface area (Å²) in [7, 11) is 0. The van der Waals surface area contributed by atoms with E-state index < -0.39 is 53.3 Å². The molecule has 0 amide bonds. The molecule has 0 N–H and O–H groups in total. The number of hydrogen-bond acceptors (Lipinski definition) is 11. The normalized spacial score (nSPS) is 11.5. The molecule has 16 heteroatoms. The Morgan fingerprint density at radius 2 is 1.09 bits per heavy atom. The summed E-state index contributed by atoms with van der Waals surface area (Å²) in [5.41, 5.74) is -4.38. The van der Waals surface area contributed by atoms with Crippen LogP contribution in [0.15, 0.2) is 40.8 Å². The zero-order valence-electron chi connectivity index (χ0n) is 16.3. The topological polar surface area (TPSA) is 229 Å². The van der Waals surface area contributed by atoms with E-state index in [4.69, 9.17) is 4.42 Å². The van der Waals surface area contributed by atoms with Crippen LogP contribution in [0.2, 0.25) is 0 Å². The Balaban J connectivity index is 2.16. The van der Waals surface area contributed by atoms with Crippen molar-refractivity contribution in [3.8, 4) is 11.1 Å². The molecule has 1 aliphatic rings. The second-order valence-corrected chi connectivity index (χ2v) is 6.79. The number of fused-ring (bicyclic) bond motifs is 3. The first kappa shape index (κ1) is 21.7. The molecule has 34 heavy (non-hydrogen) atoms. The summed E-state index contributed by atoms with van der Waals surface area (Å²) in [6.45, 7) is 0. The average Bonchev–Trinajstić information content (AvgIpc) is 3.36. The number of nitro groups is 5. The molecule has 0 atom stereocenters. The molecule has 0 radical (unpaired) electrons. The van der Waals surface area contributed by atoms with Crippen molar-refractivity contribution >= 4 is 40.3 Å². The van der Waals surface area contributed by atoms with Crippen molar-refractivity contribution in [3.05, 3.63) is 104 Å². The number of benzene rings is 2. The quantitative estimate of drug-likeness (QED) is 0.284. The third-order valence-corrected chi connectivity index (χ3v) is 4.93. The first-order chi connectivity index (χ1) is 16.0. The third kappa shape index (κ3) is 3.36. The summed E-state index contributed by atoms with van der Waals surface area (Å²) in [5.74, 6) is -0.843. The number of nitrogens with zero attached hydrogens (tertiary/aromatic N) is 5. The molecular weight excluding hydrogens is 462 g/mol. The number of nitro benzene ring substituents is 4. The number of non-ortho nitro benzene ring substituents is 2. The van der Waals surface area contributed by atoms with Gasteiger partial charge in [-0.1, -0.05) is 0 Å². The van der Waals surface area contributed by atoms with Crippen molar-refractivity contribution in [2.75, 3.05) is 0 Å². The van der Waals surface area contributed by atoms with Crippen molar-refractivity contribution < 1.29 is 29.0 Å². The van der Waals surface area contributed by atoms with Crippen molar-refractivity contribution in [1.29, 1.82) is 0 Å². The largest absolute Gasteiger partial charge is 0.433 e. The van der Waals surface area contributed by atoms with Gasteiger partial charge in [0, 0.05) is 23.3 Å². The monoisotopic (exact) mass is 469 g/mol. The van der Waals surface area contributed by atoms with Crippen LogP contribution < -0.4 is 0 Å². The standard InChI is InChI=1S/C18H7N5O11/c24-19(25)8-3-12-11(7-10-1-2-16(34-10)23(32)33)13-4-9(20(26)27)6-15(22(30)31)18(13)17(12)14(5-8)21(28)29/h1-7H. The number of rotatable bonds is 6. The molecule has 16 nitrogen and oxygen atoms in total. The van der Waals surface area contributed by atoms with Crippen LogP contribution in [-0.4, -0.2) is 24.6 Å². The summed E-state index contributed by atoms with van der Waals surface area (Å²) in [6.07, 6.45) is 1.10. The van der Waals surface area contributed by atoms with Crippen molar-refractivity contribution in [2.45, 2.75) is 0 Å². The molecule has 0 aliphatic heterocycles. The maximum atomic E-state index is 11.7. The fourth-order valence-electron chi connectivity index (χ4n) is 3.63. The van der Waals surface area contributed by atoms with Crippen molar-refractivity contribution in [1.82, 2.24) is 0 Å². The van der Waals surface area contributed by atoms with Gasteiger partial charge in [-0.05, 0) is 17.7 Å². The molecule has 2 aromatic carbocycles. The molecule has 1 heterocycles. The SMILES string of the molecule is O=[N+]([O-])c1cc2c(c([N+](=O)[O-])c1)-c1c(cc([N+](=O)[O-])cc1[N+](=O)[O-])C2=Cc1ccc([N+](=O)[O-])o1. The predicted molar refractivity (Wildman–Crippen MR) is 111 cm³/mol. The van der Waals surface area contributed by atoms with Gasteiger partial charge in [0.15, 0.2) is 0 Å². The van der Waals surface area contributed by atoms with Gasteiger partial charge < -0.3 is 4.42 Å². The Labute approximate surface area is 185 Å². The van der Waals surface area contributed by atoms with E-state index in [2.05, 4.69) is 0 Å². The van der Waals surface area contributed by atoms with Crippen molar-refractivity contribution in [2.24, 2.45) is 0 Å². The highest BCUT2D eigenvalue weighted by Crippen LogP contribution is 2.55. The first-order valence-corrected chi connectivity index (χ1v) is 8.90. The van der Waals surface area contributed by atoms with E-state index in [0.29, 0.717) is 12.1 Å². The van der Waals surface area contributed by atoms with E-state index >= 15 is 0 Å². The van der Waals surface area contributed by atoms with Gasteiger partial charge in [-0.3, -0.25) is 50.6 Å². The highest BCUT2D eigenvalue weighted by atomic mass is 16.7. The van der Waals surface area contributed by atoms with Crippen LogP contribution in [-0.2, 0) is 0 Å². The molecule has 0 saturated heterocycles. The summed E-state index contributed by atoms with van der Waals surface area (Å²) in [4.78, 5) is 52.5. The molecule has 1 aromatic heterocycles.